The van der Waals surface area contributed by atoms with Crippen molar-refractivity contribution in [2.75, 3.05) is 13.1 Å². The van der Waals surface area contributed by atoms with Crippen molar-refractivity contribution in [2.24, 2.45) is 0 Å². The van der Waals surface area contributed by atoms with Crippen LogP contribution in [0.1, 0.15) is 34.0 Å². The van der Waals surface area contributed by atoms with E-state index in [2.05, 4.69) is 5.10 Å². The Morgan fingerprint density at radius 1 is 0.947 bits per heavy atom. The fraction of sp³-hybridized carbons (Fsp3) is 0.207. The van der Waals surface area contributed by atoms with E-state index in [9.17, 15) is 19.8 Å². The van der Waals surface area contributed by atoms with Crippen LogP contribution in [0, 0.1) is 0 Å². The maximum Gasteiger partial charge on any atom is 0.307 e. The van der Waals surface area contributed by atoms with Gasteiger partial charge in [0.2, 0.25) is 0 Å². The predicted octanol–water partition coefficient (Wildman–Crippen LogP) is 5.46. The molecular weight excluding hydrogens is 525 g/mol. The molecule has 0 saturated carbocycles. The van der Waals surface area contributed by atoms with E-state index >= 15 is 0 Å². The van der Waals surface area contributed by atoms with Gasteiger partial charge < -0.3 is 15.1 Å². The number of nitrogens with zero attached hydrogens (tertiary/aromatic N) is 3. The van der Waals surface area contributed by atoms with Crippen LogP contribution in [-0.4, -0.2) is 56.0 Å². The third-order valence-corrected chi connectivity index (χ3v) is 7.38. The number of likely N-dealkylation sites (tertiary alicyclic amines) is 1. The summed E-state index contributed by atoms with van der Waals surface area (Å²) in [5, 5.41) is 26.3. The van der Waals surface area contributed by atoms with E-state index in [0.29, 0.717) is 40.0 Å². The predicted molar refractivity (Wildman–Crippen MR) is 146 cm³/mol. The number of carbonyl (C=O) groups excluding carboxylic acids is 1. The summed E-state index contributed by atoms with van der Waals surface area (Å²) >= 11 is 12.6. The molecule has 1 aliphatic rings. The Hall–Kier alpha value is -3.65. The third kappa shape index (κ3) is 5.18. The van der Waals surface area contributed by atoms with Crippen LogP contribution in [-0.2, 0) is 11.2 Å². The van der Waals surface area contributed by atoms with E-state index in [1.54, 1.807) is 53.4 Å². The molecule has 0 aliphatic carbocycles. The Bertz CT molecular complexity index is 1470. The topological polar surface area (TPSA) is 95.7 Å². The lowest BCUT2D eigenvalue weighted by molar-refractivity contribution is -0.136. The Labute approximate surface area is 229 Å². The lowest BCUT2D eigenvalue weighted by Gasteiger charge is -2.36. The van der Waals surface area contributed by atoms with Crippen molar-refractivity contribution in [2.45, 2.75) is 24.9 Å². The van der Waals surface area contributed by atoms with E-state index in [1.807, 2.05) is 30.3 Å². The number of carboxylic acid groups (broad SMARTS) is 1. The summed E-state index contributed by atoms with van der Waals surface area (Å²) in [7, 11) is 0. The van der Waals surface area contributed by atoms with Crippen molar-refractivity contribution in [3.63, 3.8) is 0 Å². The van der Waals surface area contributed by atoms with E-state index in [4.69, 9.17) is 23.2 Å². The molecule has 1 amide bonds. The molecular formula is C29H25Cl2N3O4. The smallest absolute Gasteiger partial charge is 0.307 e. The number of amides is 1. The number of carbonyl (C=O) groups is 2. The second kappa shape index (κ2) is 11.0. The van der Waals surface area contributed by atoms with Gasteiger partial charge in [0.25, 0.3) is 5.91 Å². The van der Waals surface area contributed by atoms with Crippen molar-refractivity contribution in [3.05, 3.63) is 106 Å². The van der Waals surface area contributed by atoms with Crippen LogP contribution in [0.2, 0.25) is 10.0 Å². The second-order valence-electron chi connectivity index (χ2n) is 9.24. The number of aliphatic hydroxyl groups excluding tert-OH is 1. The molecule has 194 valence electrons. The van der Waals surface area contributed by atoms with E-state index in [1.165, 1.54) is 4.68 Å². The fourth-order valence-electron chi connectivity index (χ4n) is 5.00. The van der Waals surface area contributed by atoms with Gasteiger partial charge in [0.05, 0.1) is 28.9 Å². The molecule has 0 bridgehead atoms. The molecule has 1 fully saturated rings. The molecule has 0 spiro atoms. The highest BCUT2D eigenvalue weighted by Crippen LogP contribution is 2.35. The minimum absolute atomic E-state index is 0.0163. The molecule has 2 atom stereocenters. The van der Waals surface area contributed by atoms with Gasteiger partial charge in [-0.15, -0.1) is 0 Å². The first kappa shape index (κ1) is 26.0. The number of hydrogen-bond acceptors (Lipinski definition) is 4. The number of hydrogen-bond donors (Lipinski definition) is 2. The van der Waals surface area contributed by atoms with Gasteiger partial charge in [-0.1, -0.05) is 77.8 Å². The van der Waals surface area contributed by atoms with Crippen molar-refractivity contribution in [1.29, 1.82) is 0 Å². The number of carboxylic acids is 1. The molecule has 1 saturated heterocycles. The lowest BCUT2D eigenvalue weighted by atomic mass is 9.87. The highest BCUT2D eigenvalue weighted by molar-refractivity contribution is 6.32. The number of aliphatic carboxylic acids is 1. The third-order valence-electron chi connectivity index (χ3n) is 6.81. The van der Waals surface area contributed by atoms with Gasteiger partial charge in [0.1, 0.15) is 0 Å². The summed E-state index contributed by atoms with van der Waals surface area (Å²) in [4.78, 5) is 27.4. The van der Waals surface area contributed by atoms with Crippen LogP contribution < -0.4 is 0 Å². The summed E-state index contributed by atoms with van der Waals surface area (Å²) in [6.45, 7) is 0.511. The van der Waals surface area contributed by atoms with Gasteiger partial charge in [0, 0.05) is 35.2 Å². The molecule has 2 heterocycles. The zero-order chi connectivity index (χ0) is 26.8. The Kier molecular flexibility index (Phi) is 7.51. The lowest BCUT2D eigenvalue weighted by Crippen LogP contribution is -2.46. The van der Waals surface area contributed by atoms with Crippen LogP contribution in [0.4, 0.5) is 0 Å². The maximum atomic E-state index is 13.8. The second-order valence-corrected chi connectivity index (χ2v) is 10.1. The average Bonchev–Trinajstić information content (AvgIpc) is 3.27. The molecule has 7 nitrogen and oxygen atoms in total. The molecule has 5 rings (SSSR count). The van der Waals surface area contributed by atoms with Crippen molar-refractivity contribution in [3.8, 4) is 16.9 Å². The molecule has 3 aromatic carbocycles. The number of rotatable bonds is 6. The highest BCUT2D eigenvalue weighted by Gasteiger charge is 2.35. The number of piperidine rings is 1. The van der Waals surface area contributed by atoms with Crippen LogP contribution in [0.15, 0.2) is 78.9 Å². The van der Waals surface area contributed by atoms with Gasteiger partial charge >= 0.3 is 5.97 Å². The number of aliphatic hydroxyl groups is 1. The van der Waals surface area contributed by atoms with Crippen LogP contribution in [0.25, 0.3) is 16.9 Å². The van der Waals surface area contributed by atoms with Gasteiger partial charge in [-0.25, -0.2) is 4.68 Å². The Balaban J connectivity index is 1.58. The van der Waals surface area contributed by atoms with E-state index < -0.39 is 24.4 Å². The minimum Gasteiger partial charge on any atom is -0.481 e. The number of benzene rings is 3. The number of aromatic nitrogens is 2. The standard InChI is InChI=1S/C29H25Cl2N3O4/c30-20-12-10-19(11-13-20)28-22(16-26(36)37)27(32-34(28)24-9-5-4-8-23(24)31)29(38)33-15-14-21(25(35)17-33)18-6-2-1-3-7-18/h1-13,21,25,35H,14-17H2,(H,36,37)/t21-,25+/m1/s1. The van der Waals surface area contributed by atoms with Crippen LogP contribution in [0.3, 0.4) is 0 Å². The highest BCUT2D eigenvalue weighted by atomic mass is 35.5. The summed E-state index contributed by atoms with van der Waals surface area (Å²) in [6.07, 6.45) is -0.619. The number of β-amino-alcohol motifs (C(OH)–C–C–N with tert-alkyl or cyclic N) is 1. The maximum absolute atomic E-state index is 13.8. The van der Waals surface area contributed by atoms with Crippen LogP contribution in [0.5, 0.6) is 0 Å². The summed E-state index contributed by atoms with van der Waals surface area (Å²) in [5.74, 6) is -1.63. The summed E-state index contributed by atoms with van der Waals surface area (Å²) in [5.41, 5.74) is 2.89. The number of halogens is 2. The number of para-hydroxylation sites is 1. The largest absolute Gasteiger partial charge is 0.481 e. The Morgan fingerprint density at radius 2 is 1.63 bits per heavy atom. The first-order valence-electron chi connectivity index (χ1n) is 12.2. The zero-order valence-corrected chi connectivity index (χ0v) is 21.8. The normalized spacial score (nSPS) is 17.4. The molecule has 9 heteroatoms. The SMILES string of the molecule is O=C(O)Cc1c(C(=O)N2CC[C@H](c3ccccc3)[C@@H](O)C2)nn(-c2ccccc2Cl)c1-c1ccc(Cl)cc1. The first-order chi connectivity index (χ1) is 18.3. The zero-order valence-electron chi connectivity index (χ0n) is 20.3. The van der Waals surface area contributed by atoms with Crippen molar-refractivity contribution in [1.82, 2.24) is 14.7 Å². The van der Waals surface area contributed by atoms with E-state index in [0.717, 1.165) is 5.56 Å². The van der Waals surface area contributed by atoms with Gasteiger partial charge in [-0.05, 0) is 36.2 Å². The Morgan fingerprint density at radius 3 is 2.29 bits per heavy atom. The first-order valence-corrected chi connectivity index (χ1v) is 13.0. The van der Waals surface area contributed by atoms with Gasteiger partial charge in [-0.3, -0.25) is 9.59 Å². The summed E-state index contributed by atoms with van der Waals surface area (Å²) in [6, 6.07) is 23.6. The fourth-order valence-corrected chi connectivity index (χ4v) is 5.34. The minimum atomic E-state index is -1.10. The van der Waals surface area contributed by atoms with Gasteiger partial charge in [-0.2, -0.15) is 5.10 Å². The van der Waals surface area contributed by atoms with Crippen LogP contribution >= 0.6 is 23.2 Å². The molecule has 1 aliphatic heterocycles. The average molecular weight is 550 g/mol. The van der Waals surface area contributed by atoms with E-state index in [-0.39, 0.29) is 23.7 Å². The monoisotopic (exact) mass is 549 g/mol. The molecule has 1 aromatic heterocycles. The molecule has 4 aromatic rings. The molecule has 38 heavy (non-hydrogen) atoms. The summed E-state index contributed by atoms with van der Waals surface area (Å²) < 4.78 is 1.52. The molecule has 0 radical (unpaired) electrons. The van der Waals surface area contributed by atoms with Crippen molar-refractivity contribution >= 4 is 35.1 Å². The molecule has 2 N–H and O–H groups in total. The van der Waals surface area contributed by atoms with Crippen molar-refractivity contribution < 1.29 is 19.8 Å². The quantitative estimate of drug-likeness (QED) is 0.332. The van der Waals surface area contributed by atoms with Gasteiger partial charge in [0.15, 0.2) is 5.69 Å². The molecule has 0 unspecified atom stereocenters.